The molecule has 0 saturated heterocycles. The summed E-state index contributed by atoms with van der Waals surface area (Å²) in [7, 11) is 0. The Hall–Kier alpha value is -2.34. The summed E-state index contributed by atoms with van der Waals surface area (Å²) >= 11 is 1.50. The number of esters is 1. The standard InChI is InChI=1S/C25H31NO4S/c1-2-29-25(28)23-20-10-6-7-11-21(20)31-24(23)26-22(27)16-30-19-14-12-18(13-15-19)17-8-4-3-5-9-17/h12-15,17H,2-11,16H2,1H3,(H,26,27). The molecule has 5 nitrogen and oxygen atoms in total. The molecule has 1 aromatic heterocycles. The Morgan fingerprint density at radius 1 is 1.03 bits per heavy atom. The van der Waals surface area contributed by atoms with Crippen LogP contribution in [-0.2, 0) is 22.4 Å². The molecule has 6 heteroatoms. The molecular weight excluding hydrogens is 410 g/mol. The lowest BCUT2D eigenvalue weighted by Crippen LogP contribution is -2.21. The molecule has 1 fully saturated rings. The van der Waals surface area contributed by atoms with Gasteiger partial charge in [-0.3, -0.25) is 4.79 Å². The number of thiophene rings is 1. The van der Waals surface area contributed by atoms with Crippen molar-refractivity contribution in [1.29, 1.82) is 0 Å². The lowest BCUT2D eigenvalue weighted by atomic mass is 9.84. The minimum atomic E-state index is -0.351. The fourth-order valence-corrected chi connectivity index (χ4v) is 5.95. The molecule has 0 radical (unpaired) electrons. The molecule has 0 aliphatic heterocycles. The molecule has 0 spiro atoms. The van der Waals surface area contributed by atoms with Crippen molar-refractivity contribution >= 4 is 28.2 Å². The van der Waals surface area contributed by atoms with Crippen molar-refractivity contribution in [3.63, 3.8) is 0 Å². The molecule has 2 aliphatic carbocycles. The summed E-state index contributed by atoms with van der Waals surface area (Å²) in [5, 5.41) is 3.48. The van der Waals surface area contributed by atoms with E-state index < -0.39 is 0 Å². The SMILES string of the molecule is CCOC(=O)c1c(NC(=O)COc2ccc(C3CCCCC3)cc2)sc2c1CCCC2. The average molecular weight is 442 g/mol. The molecule has 1 heterocycles. The zero-order valence-electron chi connectivity index (χ0n) is 18.2. The van der Waals surface area contributed by atoms with Gasteiger partial charge in [-0.15, -0.1) is 11.3 Å². The fourth-order valence-electron chi connectivity index (χ4n) is 4.66. The van der Waals surface area contributed by atoms with Crippen molar-refractivity contribution in [1.82, 2.24) is 0 Å². The first kappa shape index (κ1) is 21.9. The van der Waals surface area contributed by atoms with Crippen LogP contribution in [0.15, 0.2) is 24.3 Å². The van der Waals surface area contributed by atoms with Gasteiger partial charge >= 0.3 is 5.97 Å². The number of benzene rings is 1. The summed E-state index contributed by atoms with van der Waals surface area (Å²) in [6, 6.07) is 8.14. The normalized spacial score (nSPS) is 16.4. The number of carbonyl (C=O) groups is 2. The average Bonchev–Trinajstić information content (AvgIpc) is 3.16. The Kier molecular flexibility index (Phi) is 7.28. The van der Waals surface area contributed by atoms with Crippen LogP contribution in [0.5, 0.6) is 5.75 Å². The maximum atomic E-state index is 12.6. The fraction of sp³-hybridized carbons (Fsp3) is 0.520. The van der Waals surface area contributed by atoms with Crippen LogP contribution in [0.4, 0.5) is 5.00 Å². The molecule has 1 N–H and O–H groups in total. The highest BCUT2D eigenvalue weighted by molar-refractivity contribution is 7.17. The number of anilines is 1. The first-order valence-electron chi connectivity index (χ1n) is 11.5. The van der Waals surface area contributed by atoms with Gasteiger partial charge in [0.1, 0.15) is 10.8 Å². The van der Waals surface area contributed by atoms with Gasteiger partial charge in [-0.1, -0.05) is 31.4 Å². The highest BCUT2D eigenvalue weighted by atomic mass is 32.1. The van der Waals surface area contributed by atoms with E-state index >= 15 is 0 Å². The van der Waals surface area contributed by atoms with E-state index in [4.69, 9.17) is 9.47 Å². The van der Waals surface area contributed by atoms with Crippen LogP contribution < -0.4 is 10.1 Å². The highest BCUT2D eigenvalue weighted by Gasteiger charge is 2.27. The molecule has 166 valence electrons. The van der Waals surface area contributed by atoms with Gasteiger partial charge in [0.25, 0.3) is 5.91 Å². The number of hydrogen-bond acceptors (Lipinski definition) is 5. The summed E-state index contributed by atoms with van der Waals surface area (Å²) < 4.78 is 11.0. The zero-order valence-corrected chi connectivity index (χ0v) is 19.0. The van der Waals surface area contributed by atoms with Gasteiger partial charge in [-0.25, -0.2) is 4.79 Å². The molecule has 2 aromatic rings. The molecule has 31 heavy (non-hydrogen) atoms. The largest absolute Gasteiger partial charge is 0.484 e. The summed E-state index contributed by atoms with van der Waals surface area (Å²) in [6.45, 7) is 2.02. The van der Waals surface area contributed by atoms with Gasteiger partial charge in [0.2, 0.25) is 0 Å². The second-order valence-corrected chi connectivity index (χ2v) is 9.48. The molecule has 0 atom stereocenters. The number of rotatable bonds is 7. The molecule has 1 amide bonds. The van der Waals surface area contributed by atoms with E-state index in [1.807, 2.05) is 12.1 Å². The van der Waals surface area contributed by atoms with Crippen LogP contribution in [0.3, 0.4) is 0 Å². The van der Waals surface area contributed by atoms with Gasteiger partial charge in [-0.2, -0.15) is 0 Å². The first-order valence-corrected chi connectivity index (χ1v) is 12.3. The van der Waals surface area contributed by atoms with Crippen molar-refractivity contribution in [2.45, 2.75) is 70.6 Å². The first-order chi connectivity index (χ1) is 15.2. The third kappa shape index (κ3) is 5.29. The summed E-state index contributed by atoms with van der Waals surface area (Å²) in [6.07, 6.45) is 10.5. The summed E-state index contributed by atoms with van der Waals surface area (Å²) in [4.78, 5) is 26.3. The highest BCUT2D eigenvalue weighted by Crippen LogP contribution is 2.38. The minimum absolute atomic E-state index is 0.0897. The number of aryl methyl sites for hydroxylation is 1. The number of amides is 1. The summed E-state index contributed by atoms with van der Waals surface area (Å²) in [5.41, 5.74) is 2.94. The van der Waals surface area contributed by atoms with Crippen molar-refractivity contribution in [2.24, 2.45) is 0 Å². The van der Waals surface area contributed by atoms with Gasteiger partial charge in [0.05, 0.1) is 12.2 Å². The van der Waals surface area contributed by atoms with Crippen molar-refractivity contribution in [3.05, 3.63) is 45.8 Å². The lowest BCUT2D eigenvalue weighted by Gasteiger charge is -2.22. The van der Waals surface area contributed by atoms with Crippen LogP contribution in [0.2, 0.25) is 0 Å². The number of hydrogen-bond donors (Lipinski definition) is 1. The van der Waals surface area contributed by atoms with E-state index in [1.54, 1.807) is 6.92 Å². The lowest BCUT2D eigenvalue weighted by molar-refractivity contribution is -0.118. The van der Waals surface area contributed by atoms with Gasteiger partial charge in [0.15, 0.2) is 6.61 Å². The smallest absolute Gasteiger partial charge is 0.341 e. The second kappa shape index (κ2) is 10.3. The van der Waals surface area contributed by atoms with Crippen molar-refractivity contribution in [2.75, 3.05) is 18.5 Å². The quantitative estimate of drug-likeness (QED) is 0.546. The Morgan fingerprint density at radius 2 is 1.77 bits per heavy atom. The van der Waals surface area contributed by atoms with E-state index in [1.165, 1.54) is 53.9 Å². The minimum Gasteiger partial charge on any atom is -0.484 e. The molecule has 4 rings (SSSR count). The number of fused-ring (bicyclic) bond motifs is 1. The van der Waals surface area contributed by atoms with E-state index in [9.17, 15) is 9.59 Å². The Labute approximate surface area is 188 Å². The van der Waals surface area contributed by atoms with E-state index in [-0.39, 0.29) is 18.5 Å². The van der Waals surface area contributed by atoms with Crippen molar-refractivity contribution in [3.8, 4) is 5.75 Å². The zero-order chi connectivity index (χ0) is 21.6. The molecule has 2 aliphatic rings. The van der Waals surface area contributed by atoms with Crippen LogP contribution >= 0.6 is 11.3 Å². The van der Waals surface area contributed by atoms with Crippen LogP contribution in [0, 0.1) is 0 Å². The van der Waals surface area contributed by atoms with Crippen LogP contribution in [0.25, 0.3) is 0 Å². The Balaban J connectivity index is 1.37. The summed E-state index contributed by atoms with van der Waals surface area (Å²) in [5.74, 6) is 0.722. The van der Waals surface area contributed by atoms with E-state index in [0.29, 0.717) is 28.8 Å². The van der Waals surface area contributed by atoms with E-state index in [0.717, 1.165) is 31.2 Å². The number of nitrogens with one attached hydrogen (secondary N) is 1. The van der Waals surface area contributed by atoms with Crippen LogP contribution in [0.1, 0.15) is 84.1 Å². The van der Waals surface area contributed by atoms with Crippen LogP contribution in [-0.4, -0.2) is 25.1 Å². The van der Waals surface area contributed by atoms with Gasteiger partial charge in [-0.05, 0) is 74.6 Å². The second-order valence-electron chi connectivity index (χ2n) is 8.38. The van der Waals surface area contributed by atoms with Gasteiger partial charge < -0.3 is 14.8 Å². The molecule has 1 saturated carbocycles. The Bertz CT molecular complexity index is 912. The third-order valence-electron chi connectivity index (χ3n) is 6.23. The topological polar surface area (TPSA) is 64.6 Å². The maximum Gasteiger partial charge on any atom is 0.341 e. The third-order valence-corrected chi connectivity index (χ3v) is 7.44. The monoisotopic (exact) mass is 441 g/mol. The molecule has 0 unspecified atom stereocenters. The van der Waals surface area contributed by atoms with Gasteiger partial charge in [0, 0.05) is 4.88 Å². The predicted octanol–water partition coefficient (Wildman–Crippen LogP) is 5.87. The number of ether oxygens (including phenoxy) is 2. The predicted molar refractivity (Wildman–Crippen MR) is 123 cm³/mol. The molecule has 0 bridgehead atoms. The molecule has 1 aromatic carbocycles. The maximum absolute atomic E-state index is 12.6. The number of carbonyl (C=O) groups excluding carboxylic acids is 2. The van der Waals surface area contributed by atoms with Crippen molar-refractivity contribution < 1.29 is 19.1 Å². The van der Waals surface area contributed by atoms with E-state index in [2.05, 4.69) is 17.4 Å². The Morgan fingerprint density at radius 3 is 2.52 bits per heavy atom. The molecular formula is C25H31NO4S.